The van der Waals surface area contributed by atoms with Crippen molar-refractivity contribution in [1.82, 2.24) is 15.2 Å². The minimum Gasteiger partial charge on any atom is -0.390 e. The van der Waals surface area contributed by atoms with Gasteiger partial charge in [0.2, 0.25) is 0 Å². The van der Waals surface area contributed by atoms with Gasteiger partial charge in [-0.3, -0.25) is 4.79 Å². The lowest BCUT2D eigenvalue weighted by Gasteiger charge is -2.28. The Morgan fingerprint density at radius 2 is 2.18 bits per heavy atom. The molecule has 3 atom stereocenters. The van der Waals surface area contributed by atoms with E-state index in [1.807, 2.05) is 4.90 Å². The van der Waals surface area contributed by atoms with Crippen LogP contribution >= 0.6 is 0 Å². The van der Waals surface area contributed by atoms with Gasteiger partial charge in [-0.2, -0.15) is 13.9 Å². The summed E-state index contributed by atoms with van der Waals surface area (Å²) in [6, 6.07) is 4.75. The zero-order valence-electron chi connectivity index (χ0n) is 18.6. The van der Waals surface area contributed by atoms with Crippen LogP contribution in [0, 0.1) is 12.7 Å². The third kappa shape index (κ3) is 3.68. The number of H-pyrrole nitrogens is 1. The summed E-state index contributed by atoms with van der Waals surface area (Å²) in [7, 11) is 0. The van der Waals surface area contributed by atoms with E-state index in [4.69, 9.17) is 9.84 Å². The number of aromatic nitrogens is 3. The van der Waals surface area contributed by atoms with Crippen LogP contribution in [0.15, 0.2) is 29.1 Å². The van der Waals surface area contributed by atoms with Gasteiger partial charge < -0.3 is 25.0 Å². The maximum Gasteiger partial charge on any atom is 0.298 e. The van der Waals surface area contributed by atoms with E-state index in [1.165, 1.54) is 12.1 Å². The molecule has 2 aliphatic heterocycles. The summed E-state index contributed by atoms with van der Waals surface area (Å²) in [6.45, 7) is 3.00. The molecule has 4 heterocycles. The molecule has 2 fully saturated rings. The van der Waals surface area contributed by atoms with Crippen molar-refractivity contribution >= 4 is 22.4 Å². The number of nitrogens with one attached hydrogen (secondary N) is 2. The van der Waals surface area contributed by atoms with Crippen molar-refractivity contribution in [2.75, 3.05) is 30.0 Å². The van der Waals surface area contributed by atoms with Crippen LogP contribution in [0.5, 0.6) is 0 Å². The molecule has 0 aliphatic carbocycles. The molecule has 180 valence electrons. The van der Waals surface area contributed by atoms with Crippen LogP contribution < -0.4 is 15.8 Å². The lowest BCUT2D eigenvalue weighted by atomic mass is 10.00. The molecular formula is C23H24F3N5O3. The molecule has 2 aromatic heterocycles. The van der Waals surface area contributed by atoms with Gasteiger partial charge in [-0.05, 0) is 32.4 Å². The fourth-order valence-corrected chi connectivity index (χ4v) is 4.77. The van der Waals surface area contributed by atoms with Gasteiger partial charge in [-0.25, -0.2) is 4.39 Å². The standard InChI is InChI=1S/C23H24F3N5O3/c1-11(15-4-3-5-17(19(15)24)23(25,26)10-32)27-21-16-7-18(31-8-14-6-13(31)9-34-14)22(33)28-20(16)12(2)29-30-21/h3-5,7,11,13-14,32H,6,8-10H2,1-2H3,(H,27,30)(H,28,33)/t11-,13?,14?/m1/s1. The van der Waals surface area contributed by atoms with Crippen LogP contribution in [-0.4, -0.2) is 52.2 Å². The summed E-state index contributed by atoms with van der Waals surface area (Å²) in [6.07, 6.45) is 0.962. The van der Waals surface area contributed by atoms with Crippen molar-refractivity contribution in [1.29, 1.82) is 0 Å². The number of anilines is 2. The van der Waals surface area contributed by atoms with Crippen LogP contribution in [0.3, 0.4) is 0 Å². The average Bonchev–Trinajstić information content (AvgIpc) is 3.44. The molecule has 2 aliphatic rings. The van der Waals surface area contributed by atoms with Crippen molar-refractivity contribution < 1.29 is 23.0 Å². The highest BCUT2D eigenvalue weighted by atomic mass is 19.3. The third-order valence-corrected chi connectivity index (χ3v) is 6.59. The topological polar surface area (TPSA) is 103 Å². The van der Waals surface area contributed by atoms with Crippen molar-refractivity contribution in [2.24, 2.45) is 0 Å². The van der Waals surface area contributed by atoms with E-state index in [0.717, 1.165) is 12.5 Å². The van der Waals surface area contributed by atoms with E-state index in [-0.39, 0.29) is 29.1 Å². The van der Waals surface area contributed by atoms with E-state index in [1.54, 1.807) is 19.9 Å². The molecule has 3 N–H and O–H groups in total. The number of morpholine rings is 1. The molecular weight excluding hydrogens is 451 g/mol. The molecule has 0 amide bonds. The number of fused-ring (bicyclic) bond motifs is 3. The number of aromatic amines is 1. The first-order valence-corrected chi connectivity index (χ1v) is 11.0. The Kier molecular flexibility index (Phi) is 5.48. The monoisotopic (exact) mass is 475 g/mol. The van der Waals surface area contributed by atoms with Crippen LogP contribution in [-0.2, 0) is 10.7 Å². The molecule has 2 saturated heterocycles. The second-order valence-corrected chi connectivity index (χ2v) is 8.84. The lowest BCUT2D eigenvalue weighted by molar-refractivity contribution is -0.0583. The number of nitrogens with zero attached hydrogens (tertiary/aromatic N) is 3. The van der Waals surface area contributed by atoms with E-state index in [9.17, 15) is 18.0 Å². The van der Waals surface area contributed by atoms with Gasteiger partial charge in [0.05, 0.1) is 41.6 Å². The molecule has 0 spiro atoms. The second-order valence-electron chi connectivity index (χ2n) is 8.84. The molecule has 2 unspecified atom stereocenters. The maximum atomic E-state index is 15.0. The predicted molar refractivity (Wildman–Crippen MR) is 120 cm³/mol. The molecule has 5 rings (SSSR count). The summed E-state index contributed by atoms with van der Waals surface area (Å²) >= 11 is 0. The summed E-state index contributed by atoms with van der Waals surface area (Å²) in [4.78, 5) is 17.8. The Hall–Kier alpha value is -3.18. The summed E-state index contributed by atoms with van der Waals surface area (Å²) in [5.74, 6) is -4.53. The van der Waals surface area contributed by atoms with Crippen molar-refractivity contribution in [2.45, 2.75) is 44.4 Å². The number of aryl methyl sites for hydroxylation is 1. The number of alkyl halides is 2. The number of ether oxygens (including phenoxy) is 1. The highest BCUT2D eigenvalue weighted by Gasteiger charge is 2.40. The molecule has 8 nitrogen and oxygen atoms in total. The van der Waals surface area contributed by atoms with E-state index < -0.39 is 30.0 Å². The number of hydrogen-bond donors (Lipinski definition) is 3. The minimum atomic E-state index is -3.70. The van der Waals surface area contributed by atoms with E-state index >= 15 is 0 Å². The van der Waals surface area contributed by atoms with Crippen molar-refractivity contribution in [3.63, 3.8) is 0 Å². The Morgan fingerprint density at radius 3 is 2.85 bits per heavy atom. The summed E-state index contributed by atoms with van der Waals surface area (Å²) in [5.41, 5.74) is 0.347. The van der Waals surface area contributed by atoms with Gasteiger partial charge >= 0.3 is 0 Å². The van der Waals surface area contributed by atoms with Gasteiger partial charge in [0.1, 0.15) is 18.1 Å². The smallest absolute Gasteiger partial charge is 0.298 e. The third-order valence-electron chi connectivity index (χ3n) is 6.59. The van der Waals surface area contributed by atoms with Crippen molar-refractivity contribution in [3.8, 4) is 0 Å². The molecule has 1 aromatic carbocycles. The van der Waals surface area contributed by atoms with Crippen LogP contribution in [0.25, 0.3) is 10.9 Å². The molecule has 3 aromatic rings. The predicted octanol–water partition coefficient (Wildman–Crippen LogP) is 3.00. The zero-order chi connectivity index (χ0) is 24.2. The minimum absolute atomic E-state index is 0.0141. The first-order chi connectivity index (χ1) is 16.2. The Bertz CT molecular complexity index is 1310. The molecule has 0 saturated carbocycles. The lowest BCUT2D eigenvalue weighted by Crippen LogP contribution is -2.39. The number of pyridine rings is 1. The van der Waals surface area contributed by atoms with Crippen LogP contribution in [0.4, 0.5) is 24.7 Å². The Balaban J connectivity index is 1.53. The first kappa shape index (κ1) is 22.6. The van der Waals surface area contributed by atoms with Gasteiger partial charge in [-0.1, -0.05) is 12.1 Å². The number of aliphatic hydroxyl groups is 1. The summed E-state index contributed by atoms with van der Waals surface area (Å²) in [5, 5.41) is 20.9. The number of halogens is 3. The largest absolute Gasteiger partial charge is 0.390 e. The van der Waals surface area contributed by atoms with Crippen LogP contribution in [0.2, 0.25) is 0 Å². The number of aliphatic hydroxyl groups excluding tert-OH is 1. The zero-order valence-corrected chi connectivity index (χ0v) is 18.6. The molecule has 34 heavy (non-hydrogen) atoms. The number of hydrogen-bond acceptors (Lipinski definition) is 7. The first-order valence-electron chi connectivity index (χ1n) is 11.0. The summed E-state index contributed by atoms with van der Waals surface area (Å²) < 4.78 is 48.6. The molecule has 11 heteroatoms. The fourth-order valence-electron chi connectivity index (χ4n) is 4.77. The highest BCUT2D eigenvalue weighted by Crippen LogP contribution is 2.35. The van der Waals surface area contributed by atoms with E-state index in [2.05, 4.69) is 20.5 Å². The van der Waals surface area contributed by atoms with Gasteiger partial charge in [0, 0.05) is 17.5 Å². The second kappa shape index (κ2) is 8.24. The molecule has 0 radical (unpaired) electrons. The normalized spacial score (nSPS) is 20.8. The number of benzene rings is 1. The quantitative estimate of drug-likeness (QED) is 0.504. The van der Waals surface area contributed by atoms with Gasteiger partial charge in [0.15, 0.2) is 5.82 Å². The Labute approximate surface area is 192 Å². The van der Waals surface area contributed by atoms with Crippen molar-refractivity contribution in [3.05, 3.63) is 57.3 Å². The highest BCUT2D eigenvalue weighted by molar-refractivity contribution is 5.92. The van der Waals surface area contributed by atoms with Gasteiger partial charge in [-0.15, -0.1) is 5.10 Å². The SMILES string of the molecule is Cc1nnc(N[C@H](C)c2cccc(C(F)(F)CO)c2F)c2cc(N3CC4CC3CO4)c(=O)[nH]c12. The number of rotatable bonds is 6. The maximum absolute atomic E-state index is 15.0. The Morgan fingerprint density at radius 1 is 1.38 bits per heavy atom. The molecule has 2 bridgehead atoms. The van der Waals surface area contributed by atoms with Crippen LogP contribution in [0.1, 0.15) is 36.2 Å². The van der Waals surface area contributed by atoms with Gasteiger partial charge in [0.25, 0.3) is 11.5 Å². The fraction of sp³-hybridized carbons (Fsp3) is 0.435. The van der Waals surface area contributed by atoms with E-state index in [0.29, 0.717) is 35.4 Å². The average molecular weight is 475 g/mol.